The van der Waals surface area contributed by atoms with Gasteiger partial charge in [0.2, 0.25) is 0 Å². The molecule has 0 spiro atoms. The highest BCUT2D eigenvalue weighted by molar-refractivity contribution is 6.02. The summed E-state index contributed by atoms with van der Waals surface area (Å²) in [6, 6.07) is 0.194. The van der Waals surface area contributed by atoms with Gasteiger partial charge in [-0.05, 0) is 52.0 Å². The number of aryl methyl sites for hydroxylation is 1. The van der Waals surface area contributed by atoms with E-state index in [1.165, 1.54) is 12.8 Å². The highest BCUT2D eigenvalue weighted by Crippen LogP contribution is 2.28. The van der Waals surface area contributed by atoms with E-state index < -0.39 is 0 Å². The van der Waals surface area contributed by atoms with Crippen LogP contribution < -0.4 is 5.32 Å². The zero-order valence-corrected chi connectivity index (χ0v) is 15.6. The number of aromatic amines is 1. The fraction of sp³-hybridized carbons (Fsp3) is 0.632. The second-order valence-electron chi connectivity index (χ2n) is 7.36. The van der Waals surface area contributed by atoms with Gasteiger partial charge in [0.1, 0.15) is 11.5 Å². The molecule has 1 aliphatic heterocycles. The van der Waals surface area contributed by atoms with Crippen molar-refractivity contribution in [1.82, 2.24) is 15.2 Å². The minimum atomic E-state index is -0.105. The zero-order valence-electron chi connectivity index (χ0n) is 15.6. The van der Waals surface area contributed by atoms with E-state index in [1.54, 1.807) is 0 Å². The highest BCUT2D eigenvalue weighted by atomic mass is 16.2. The third-order valence-electron chi connectivity index (χ3n) is 5.54. The van der Waals surface area contributed by atoms with Crippen molar-refractivity contribution < 1.29 is 9.59 Å². The number of Topliss-reactive ketones (excluding diaryl/α,β-unsaturated/α-hetero) is 1. The van der Waals surface area contributed by atoms with Crippen LogP contribution in [-0.4, -0.2) is 53.6 Å². The summed E-state index contributed by atoms with van der Waals surface area (Å²) in [4.78, 5) is 34.3. The average Bonchev–Trinajstić information content (AvgIpc) is 3.11. The molecule has 0 radical (unpaired) electrons. The maximum Gasteiger partial charge on any atom is 0.268 e. The molecule has 0 unspecified atom stereocenters. The number of aliphatic imine (C=N–C) groups is 1. The first-order valence-electron chi connectivity index (χ1n) is 9.15. The Bertz CT molecular complexity index is 711. The van der Waals surface area contributed by atoms with E-state index in [9.17, 15) is 9.59 Å². The Kier molecular flexibility index (Phi) is 4.97. The van der Waals surface area contributed by atoms with E-state index in [0.717, 1.165) is 50.0 Å². The molecule has 6 heteroatoms. The van der Waals surface area contributed by atoms with Gasteiger partial charge in [0.05, 0.1) is 6.54 Å². The van der Waals surface area contributed by atoms with Gasteiger partial charge in [0, 0.05) is 36.8 Å². The largest absolute Gasteiger partial charge is 0.361 e. The van der Waals surface area contributed by atoms with Crippen molar-refractivity contribution >= 4 is 17.5 Å². The molecular formula is C19H28N4O2. The predicted molar refractivity (Wildman–Crippen MR) is 98.4 cm³/mol. The maximum absolute atomic E-state index is 12.6. The van der Waals surface area contributed by atoms with E-state index in [1.807, 2.05) is 13.8 Å². The van der Waals surface area contributed by atoms with Crippen LogP contribution >= 0.6 is 0 Å². The van der Waals surface area contributed by atoms with Crippen LogP contribution in [0.2, 0.25) is 0 Å². The van der Waals surface area contributed by atoms with E-state index >= 15 is 0 Å². The molecule has 2 N–H and O–H groups in total. The number of nitrogens with zero attached hydrogens (tertiary/aromatic N) is 2. The summed E-state index contributed by atoms with van der Waals surface area (Å²) in [6.45, 7) is 7.14. The first kappa shape index (κ1) is 17.7. The Balaban J connectivity index is 1.60. The summed E-state index contributed by atoms with van der Waals surface area (Å²) in [6.07, 6.45) is 4.08. The summed E-state index contributed by atoms with van der Waals surface area (Å²) >= 11 is 0. The Hall–Kier alpha value is -2.11. The number of likely N-dealkylation sites (N-methyl/N-ethyl adjacent to an activating group) is 1. The average molecular weight is 344 g/mol. The Morgan fingerprint density at radius 1 is 1.20 bits per heavy atom. The SMILES string of the molecule is CC(=O)c1c(C)[nH]c(C(=O)NC2CCC(C3=NCCN3C)CC2)c1C. The van der Waals surface area contributed by atoms with E-state index in [0.29, 0.717) is 17.2 Å². The molecule has 0 aromatic carbocycles. The summed E-state index contributed by atoms with van der Waals surface area (Å²) in [5, 5.41) is 3.14. The van der Waals surface area contributed by atoms with E-state index in [2.05, 4.69) is 27.2 Å². The van der Waals surface area contributed by atoms with Gasteiger partial charge in [-0.2, -0.15) is 0 Å². The summed E-state index contributed by atoms with van der Waals surface area (Å²) in [7, 11) is 2.11. The van der Waals surface area contributed by atoms with Crippen LogP contribution in [0.1, 0.15) is 64.7 Å². The number of H-pyrrole nitrogens is 1. The molecular weight excluding hydrogens is 316 g/mol. The van der Waals surface area contributed by atoms with Crippen LogP contribution in [-0.2, 0) is 0 Å². The van der Waals surface area contributed by atoms with Gasteiger partial charge in [-0.1, -0.05) is 0 Å². The van der Waals surface area contributed by atoms with Crippen LogP contribution in [0.15, 0.2) is 4.99 Å². The van der Waals surface area contributed by atoms with Crippen LogP contribution in [0, 0.1) is 19.8 Å². The van der Waals surface area contributed by atoms with Gasteiger partial charge in [-0.25, -0.2) is 0 Å². The Labute approximate surface area is 149 Å². The lowest BCUT2D eigenvalue weighted by Gasteiger charge is -2.31. The minimum absolute atomic E-state index is 0.00716. The molecule has 1 aliphatic carbocycles. The lowest BCUT2D eigenvalue weighted by Crippen LogP contribution is -2.40. The number of amidine groups is 1. The highest BCUT2D eigenvalue weighted by Gasteiger charge is 2.30. The number of carbonyl (C=O) groups excluding carboxylic acids is 2. The van der Waals surface area contributed by atoms with Crippen molar-refractivity contribution in [3.63, 3.8) is 0 Å². The molecule has 1 aromatic rings. The first-order chi connectivity index (χ1) is 11.9. The quantitative estimate of drug-likeness (QED) is 0.824. The van der Waals surface area contributed by atoms with Gasteiger partial charge in [0.25, 0.3) is 5.91 Å². The Morgan fingerprint density at radius 3 is 2.40 bits per heavy atom. The van der Waals surface area contributed by atoms with Crippen molar-refractivity contribution in [2.75, 3.05) is 20.1 Å². The van der Waals surface area contributed by atoms with Gasteiger partial charge in [0.15, 0.2) is 5.78 Å². The number of amides is 1. The van der Waals surface area contributed by atoms with Crippen LogP contribution in [0.4, 0.5) is 0 Å². The minimum Gasteiger partial charge on any atom is -0.361 e. The smallest absolute Gasteiger partial charge is 0.268 e. The number of carbonyl (C=O) groups is 2. The second-order valence-corrected chi connectivity index (χ2v) is 7.36. The van der Waals surface area contributed by atoms with E-state index in [4.69, 9.17) is 0 Å². The van der Waals surface area contributed by atoms with Crippen LogP contribution in [0.5, 0.6) is 0 Å². The van der Waals surface area contributed by atoms with Gasteiger partial charge >= 0.3 is 0 Å². The molecule has 25 heavy (non-hydrogen) atoms. The molecule has 6 nitrogen and oxygen atoms in total. The Morgan fingerprint density at radius 2 is 1.88 bits per heavy atom. The van der Waals surface area contributed by atoms with Gasteiger partial charge < -0.3 is 15.2 Å². The van der Waals surface area contributed by atoms with Crippen molar-refractivity contribution in [3.8, 4) is 0 Å². The maximum atomic E-state index is 12.6. The molecule has 3 rings (SSSR count). The van der Waals surface area contributed by atoms with Crippen LogP contribution in [0.25, 0.3) is 0 Å². The number of ketones is 1. The molecule has 1 amide bonds. The molecule has 1 aromatic heterocycles. The van der Waals surface area contributed by atoms with Crippen molar-refractivity contribution in [2.24, 2.45) is 10.9 Å². The number of hydrogen-bond acceptors (Lipinski definition) is 4. The summed E-state index contributed by atoms with van der Waals surface area (Å²) < 4.78 is 0. The normalized spacial score (nSPS) is 23.5. The topological polar surface area (TPSA) is 77.6 Å². The zero-order chi connectivity index (χ0) is 18.1. The number of rotatable bonds is 4. The number of hydrogen-bond donors (Lipinski definition) is 2. The molecule has 0 bridgehead atoms. The lowest BCUT2D eigenvalue weighted by molar-refractivity contribution is 0.0919. The summed E-state index contributed by atoms with van der Waals surface area (Å²) in [5.41, 5.74) is 2.67. The lowest BCUT2D eigenvalue weighted by atomic mass is 9.85. The molecule has 2 heterocycles. The van der Waals surface area contributed by atoms with E-state index in [-0.39, 0.29) is 17.7 Å². The second kappa shape index (κ2) is 7.02. The molecule has 2 aliphatic rings. The van der Waals surface area contributed by atoms with Crippen molar-refractivity contribution in [3.05, 3.63) is 22.5 Å². The molecule has 1 saturated carbocycles. The molecule has 136 valence electrons. The van der Waals surface area contributed by atoms with Gasteiger partial charge in [-0.3, -0.25) is 14.6 Å². The van der Waals surface area contributed by atoms with Crippen molar-refractivity contribution in [1.29, 1.82) is 0 Å². The third kappa shape index (κ3) is 3.48. The number of aromatic nitrogens is 1. The summed E-state index contributed by atoms with van der Waals surface area (Å²) in [5.74, 6) is 1.66. The van der Waals surface area contributed by atoms with Crippen molar-refractivity contribution in [2.45, 2.75) is 52.5 Å². The fourth-order valence-corrected chi connectivity index (χ4v) is 4.25. The standard InChI is InChI=1S/C19H28N4O2/c1-11-16(13(3)24)12(2)21-17(11)19(25)22-15-7-5-14(6-8-15)18-20-9-10-23(18)4/h14-15,21H,5-10H2,1-4H3,(H,22,25). The first-order valence-corrected chi connectivity index (χ1v) is 9.15. The molecule has 0 saturated heterocycles. The molecule has 0 atom stereocenters. The predicted octanol–water partition coefficient (Wildman–Crippen LogP) is 2.47. The van der Waals surface area contributed by atoms with Crippen LogP contribution in [0.3, 0.4) is 0 Å². The molecule has 1 fully saturated rings. The monoisotopic (exact) mass is 344 g/mol. The third-order valence-corrected chi connectivity index (χ3v) is 5.54. The fourth-order valence-electron chi connectivity index (χ4n) is 4.25. The number of nitrogens with one attached hydrogen (secondary N) is 2. The van der Waals surface area contributed by atoms with Gasteiger partial charge in [-0.15, -0.1) is 0 Å².